The van der Waals surface area contributed by atoms with Gasteiger partial charge in [-0.05, 0) is 13.8 Å². The van der Waals surface area contributed by atoms with Gasteiger partial charge < -0.3 is 23.9 Å². The lowest BCUT2D eigenvalue weighted by atomic mass is 10.8. The van der Waals surface area contributed by atoms with Crippen molar-refractivity contribution in [3.8, 4) is 0 Å². The molecule has 0 saturated carbocycles. The van der Waals surface area contributed by atoms with Crippen LogP contribution in [0, 0.1) is 0 Å². The average Bonchev–Trinajstić information content (AvgIpc) is 1.63. The second kappa shape index (κ2) is 7.13. The van der Waals surface area contributed by atoms with Crippen LogP contribution in [0.2, 0.25) is 0 Å². The van der Waals surface area contributed by atoms with Crippen LogP contribution in [-0.2, 0) is 4.74 Å². The van der Waals surface area contributed by atoms with Crippen molar-refractivity contribution >= 4 is 9.05 Å². The molecule has 0 spiro atoms. The fourth-order valence-corrected chi connectivity index (χ4v) is 0.204. The third kappa shape index (κ3) is 97.0. The highest BCUT2D eigenvalue weighted by Gasteiger charge is 2.22. The Bertz CT molecular complexity index is 53.2. The zero-order valence-electron chi connectivity index (χ0n) is 6.11. The molecular weight excluding hydrogens is 156 g/mol. The molecule has 4 N–H and O–H groups in total. The van der Waals surface area contributed by atoms with E-state index in [-0.39, 0.29) is 0 Å². The summed E-state index contributed by atoms with van der Waals surface area (Å²) in [5.41, 5.74) is 0. The monoisotopic (exact) mass is 170 g/mol. The molecule has 0 aliphatic rings. The van der Waals surface area contributed by atoms with Crippen LogP contribution in [-0.4, -0.2) is 41.4 Å². The molecule has 64 valence electrons. The predicted octanol–water partition coefficient (Wildman–Crippen LogP) is -1.57. The standard InChI is InChI=1S/C4H10O.H4O4Si/c1-3-5-4-2;1-5(2,3)4/h3-4H2,1-2H3;1-4H. The maximum atomic E-state index is 7.33. The van der Waals surface area contributed by atoms with Gasteiger partial charge in [0.2, 0.25) is 0 Å². The Labute approximate surface area is 61.0 Å². The molecule has 0 fully saturated rings. The van der Waals surface area contributed by atoms with E-state index >= 15 is 0 Å². The summed E-state index contributed by atoms with van der Waals surface area (Å²) in [6, 6.07) is 0. The second-order valence-electron chi connectivity index (χ2n) is 1.38. The normalized spacial score (nSPS) is 10.2. The van der Waals surface area contributed by atoms with Crippen molar-refractivity contribution in [2.24, 2.45) is 0 Å². The van der Waals surface area contributed by atoms with E-state index in [9.17, 15) is 0 Å². The van der Waals surface area contributed by atoms with Gasteiger partial charge in [-0.3, -0.25) is 0 Å². The van der Waals surface area contributed by atoms with E-state index in [1.165, 1.54) is 0 Å². The van der Waals surface area contributed by atoms with Crippen LogP contribution >= 0.6 is 0 Å². The number of ether oxygens (including phenoxy) is 1. The minimum atomic E-state index is -4.61. The van der Waals surface area contributed by atoms with Gasteiger partial charge in [-0.2, -0.15) is 0 Å². The summed E-state index contributed by atoms with van der Waals surface area (Å²) >= 11 is 0. The van der Waals surface area contributed by atoms with Crippen molar-refractivity contribution in [1.29, 1.82) is 0 Å². The van der Waals surface area contributed by atoms with Crippen LogP contribution in [0.15, 0.2) is 0 Å². The molecule has 0 heterocycles. The molecule has 0 radical (unpaired) electrons. The quantitative estimate of drug-likeness (QED) is 0.376. The van der Waals surface area contributed by atoms with Gasteiger partial charge in [0, 0.05) is 13.2 Å². The summed E-state index contributed by atoms with van der Waals surface area (Å²) in [6.45, 7) is 5.67. The minimum Gasteiger partial charge on any atom is -0.382 e. The lowest BCUT2D eigenvalue weighted by Gasteiger charge is -1.91. The summed E-state index contributed by atoms with van der Waals surface area (Å²) < 4.78 is 4.83. The first-order chi connectivity index (χ1) is 4.41. The van der Waals surface area contributed by atoms with Crippen molar-refractivity contribution in [1.82, 2.24) is 0 Å². The van der Waals surface area contributed by atoms with E-state index in [2.05, 4.69) is 0 Å². The van der Waals surface area contributed by atoms with Crippen molar-refractivity contribution in [3.63, 3.8) is 0 Å². The van der Waals surface area contributed by atoms with E-state index in [0.29, 0.717) is 0 Å². The zero-order valence-corrected chi connectivity index (χ0v) is 7.11. The van der Waals surface area contributed by atoms with Crippen LogP contribution < -0.4 is 0 Å². The summed E-state index contributed by atoms with van der Waals surface area (Å²) in [6.07, 6.45) is 0. The molecule has 0 aromatic rings. The highest BCUT2D eigenvalue weighted by molar-refractivity contribution is 6.46. The van der Waals surface area contributed by atoms with Gasteiger partial charge in [-0.1, -0.05) is 0 Å². The first-order valence-corrected chi connectivity index (χ1v) is 4.67. The third-order valence-corrected chi connectivity index (χ3v) is 0.408. The summed E-state index contributed by atoms with van der Waals surface area (Å²) in [7, 11) is -4.61. The van der Waals surface area contributed by atoms with Crippen LogP contribution in [0.5, 0.6) is 0 Å². The van der Waals surface area contributed by atoms with Crippen LogP contribution in [0.4, 0.5) is 0 Å². The first-order valence-electron chi connectivity index (χ1n) is 2.89. The van der Waals surface area contributed by atoms with Gasteiger partial charge >= 0.3 is 9.05 Å². The van der Waals surface area contributed by atoms with Crippen molar-refractivity contribution in [2.75, 3.05) is 13.2 Å². The molecule has 0 unspecified atom stereocenters. The molecule has 6 heteroatoms. The lowest BCUT2D eigenvalue weighted by molar-refractivity contribution is 0.117. The van der Waals surface area contributed by atoms with Crippen LogP contribution in [0.1, 0.15) is 13.8 Å². The molecule has 0 atom stereocenters. The Hall–Kier alpha value is 0.0169. The first kappa shape index (κ1) is 12.7. The van der Waals surface area contributed by atoms with Crippen molar-refractivity contribution < 1.29 is 23.9 Å². The predicted molar refractivity (Wildman–Crippen MR) is 36.8 cm³/mol. The summed E-state index contributed by atoms with van der Waals surface area (Å²) in [5.74, 6) is 0. The molecule has 5 nitrogen and oxygen atoms in total. The van der Waals surface area contributed by atoms with E-state index < -0.39 is 9.05 Å². The highest BCUT2D eigenvalue weighted by atomic mass is 28.4. The fourth-order valence-electron chi connectivity index (χ4n) is 0.204. The number of rotatable bonds is 2. The van der Waals surface area contributed by atoms with Gasteiger partial charge in [0.25, 0.3) is 0 Å². The van der Waals surface area contributed by atoms with Gasteiger partial charge in [0.1, 0.15) is 0 Å². The van der Waals surface area contributed by atoms with Gasteiger partial charge in [0.05, 0.1) is 0 Å². The molecule has 0 amide bonds. The van der Waals surface area contributed by atoms with E-state index in [1.807, 2.05) is 13.8 Å². The Morgan fingerprint density at radius 2 is 1.20 bits per heavy atom. The Morgan fingerprint density at radius 3 is 1.20 bits per heavy atom. The minimum absolute atomic E-state index is 0.844. The Kier molecular flexibility index (Phi) is 9.03. The molecule has 10 heavy (non-hydrogen) atoms. The van der Waals surface area contributed by atoms with E-state index in [4.69, 9.17) is 23.9 Å². The van der Waals surface area contributed by atoms with Crippen LogP contribution in [0.25, 0.3) is 0 Å². The largest absolute Gasteiger partial charge is 0.668 e. The smallest absolute Gasteiger partial charge is 0.382 e. The SMILES string of the molecule is CCOCC.O[Si](O)(O)O. The second-order valence-corrected chi connectivity index (χ2v) is 2.58. The van der Waals surface area contributed by atoms with E-state index in [0.717, 1.165) is 13.2 Å². The zero-order chi connectivity index (χ0) is 8.62. The average molecular weight is 170 g/mol. The Morgan fingerprint density at radius 1 is 1.00 bits per heavy atom. The molecule has 0 saturated heterocycles. The summed E-state index contributed by atoms with van der Waals surface area (Å²) in [4.78, 5) is 29.3. The molecule has 0 aliphatic heterocycles. The topological polar surface area (TPSA) is 90.2 Å². The van der Waals surface area contributed by atoms with Gasteiger partial charge in [-0.25, -0.2) is 0 Å². The maximum absolute atomic E-state index is 7.33. The van der Waals surface area contributed by atoms with Crippen molar-refractivity contribution in [2.45, 2.75) is 13.8 Å². The number of hydrogen-bond donors (Lipinski definition) is 4. The maximum Gasteiger partial charge on any atom is 0.668 e. The lowest BCUT2D eigenvalue weighted by Crippen LogP contribution is -2.33. The molecule has 0 rings (SSSR count). The van der Waals surface area contributed by atoms with Gasteiger partial charge in [0.15, 0.2) is 0 Å². The van der Waals surface area contributed by atoms with Crippen molar-refractivity contribution in [3.05, 3.63) is 0 Å². The Balaban J connectivity index is 0. The van der Waals surface area contributed by atoms with Gasteiger partial charge in [-0.15, -0.1) is 0 Å². The molecular formula is C4H14O5Si. The van der Waals surface area contributed by atoms with E-state index in [1.54, 1.807) is 0 Å². The number of hydrogen-bond acceptors (Lipinski definition) is 5. The molecule has 0 aromatic heterocycles. The highest BCUT2D eigenvalue weighted by Crippen LogP contribution is 1.67. The summed E-state index contributed by atoms with van der Waals surface area (Å²) in [5, 5.41) is 0. The fraction of sp³-hybridized carbons (Fsp3) is 1.00. The molecule has 0 aliphatic carbocycles. The molecule has 0 bridgehead atoms. The molecule has 0 aromatic carbocycles. The van der Waals surface area contributed by atoms with Crippen LogP contribution in [0.3, 0.4) is 0 Å². The third-order valence-electron chi connectivity index (χ3n) is 0.408.